The van der Waals surface area contributed by atoms with Crippen molar-refractivity contribution in [2.45, 2.75) is 33.9 Å². The molecule has 4 aromatic carbocycles. The maximum Gasteiger partial charge on any atom is 0.268 e. The molecule has 6 aromatic rings. The van der Waals surface area contributed by atoms with Gasteiger partial charge in [0.1, 0.15) is 11.4 Å². The summed E-state index contributed by atoms with van der Waals surface area (Å²) in [6.45, 7) is 8.94. The lowest BCUT2D eigenvalue weighted by Gasteiger charge is -2.18. The van der Waals surface area contributed by atoms with Gasteiger partial charge in [0.15, 0.2) is 0 Å². The van der Waals surface area contributed by atoms with Crippen molar-refractivity contribution in [1.82, 2.24) is 19.8 Å². The molecule has 0 spiro atoms. The fourth-order valence-corrected chi connectivity index (χ4v) is 7.23. The Hall–Kier alpha value is -4.52. The Balaban J connectivity index is 0.000000145. The molecule has 226 valence electrons. The van der Waals surface area contributed by atoms with Crippen LogP contribution in [0, 0.1) is 20.8 Å². The summed E-state index contributed by atoms with van der Waals surface area (Å²) < 4.78 is 4.26. The molecule has 6 nitrogen and oxygen atoms in total. The van der Waals surface area contributed by atoms with Crippen LogP contribution in [-0.4, -0.2) is 34.0 Å². The number of aryl methyl sites for hydroxylation is 3. The molecular formula is C37H32Cl2N4O2. The molecule has 2 N–H and O–H groups in total. The number of nitrogens with zero attached hydrogens (tertiary/aromatic N) is 2. The molecule has 2 amide bonds. The van der Waals surface area contributed by atoms with Crippen molar-refractivity contribution in [2.24, 2.45) is 0 Å². The van der Waals surface area contributed by atoms with Gasteiger partial charge in [0, 0.05) is 58.1 Å². The van der Waals surface area contributed by atoms with E-state index in [1.807, 2.05) is 56.3 Å². The predicted molar refractivity (Wildman–Crippen MR) is 184 cm³/mol. The smallest absolute Gasteiger partial charge is 0.268 e. The second-order valence-corrected chi connectivity index (χ2v) is 12.6. The van der Waals surface area contributed by atoms with E-state index >= 15 is 0 Å². The fourth-order valence-electron chi connectivity index (χ4n) is 6.79. The third-order valence-electron chi connectivity index (χ3n) is 8.87. The van der Waals surface area contributed by atoms with Gasteiger partial charge < -0.3 is 19.8 Å². The van der Waals surface area contributed by atoms with Crippen molar-refractivity contribution in [3.05, 3.63) is 117 Å². The van der Waals surface area contributed by atoms with Gasteiger partial charge >= 0.3 is 0 Å². The zero-order chi connectivity index (χ0) is 31.4. The maximum absolute atomic E-state index is 12.3. The molecule has 0 bridgehead atoms. The van der Waals surface area contributed by atoms with Gasteiger partial charge in [-0.25, -0.2) is 0 Å². The van der Waals surface area contributed by atoms with Crippen LogP contribution in [-0.2, 0) is 13.1 Å². The highest BCUT2D eigenvalue weighted by atomic mass is 35.5. The number of fused-ring (bicyclic) bond motifs is 6. The van der Waals surface area contributed by atoms with E-state index in [4.69, 9.17) is 23.2 Å². The number of benzene rings is 4. The first-order chi connectivity index (χ1) is 21.7. The van der Waals surface area contributed by atoms with Crippen LogP contribution in [0.5, 0.6) is 0 Å². The lowest BCUT2D eigenvalue weighted by atomic mass is 10.0. The maximum atomic E-state index is 12.3. The number of carbonyl (C=O) groups excluding carboxylic acids is 2. The average Bonchev–Trinajstić information content (AvgIpc) is 3.49. The Kier molecular flexibility index (Phi) is 7.43. The van der Waals surface area contributed by atoms with Crippen LogP contribution in [0.25, 0.3) is 44.1 Å². The summed E-state index contributed by atoms with van der Waals surface area (Å²) in [5, 5.41) is 9.35. The number of aromatic nitrogens is 2. The zero-order valence-electron chi connectivity index (χ0n) is 25.3. The monoisotopic (exact) mass is 634 g/mol. The largest absolute Gasteiger partial charge is 0.349 e. The van der Waals surface area contributed by atoms with Crippen LogP contribution < -0.4 is 10.6 Å². The Morgan fingerprint density at radius 2 is 1.04 bits per heavy atom. The van der Waals surface area contributed by atoms with E-state index in [2.05, 4.69) is 63.1 Å². The molecule has 45 heavy (non-hydrogen) atoms. The molecule has 0 atom stereocenters. The van der Waals surface area contributed by atoms with E-state index in [9.17, 15) is 9.59 Å². The summed E-state index contributed by atoms with van der Waals surface area (Å²) in [7, 11) is 0. The van der Waals surface area contributed by atoms with Gasteiger partial charge in [0.25, 0.3) is 11.8 Å². The number of nitrogens with one attached hydrogen (secondary N) is 2. The van der Waals surface area contributed by atoms with Gasteiger partial charge in [-0.1, -0.05) is 83.4 Å². The summed E-state index contributed by atoms with van der Waals surface area (Å²) in [6, 6.07) is 26.5. The van der Waals surface area contributed by atoms with E-state index in [1.54, 1.807) is 0 Å². The van der Waals surface area contributed by atoms with Crippen molar-refractivity contribution in [1.29, 1.82) is 0 Å². The molecule has 0 unspecified atom stereocenters. The highest BCUT2D eigenvalue weighted by molar-refractivity contribution is 6.32. The number of carbonyl (C=O) groups is 2. The van der Waals surface area contributed by atoms with Crippen molar-refractivity contribution in [2.75, 3.05) is 13.1 Å². The number of hydrogen-bond donors (Lipinski definition) is 2. The molecule has 2 aromatic heterocycles. The summed E-state index contributed by atoms with van der Waals surface area (Å²) in [6.07, 6.45) is 0. The Labute approximate surface area is 271 Å². The molecule has 2 aliphatic heterocycles. The van der Waals surface area contributed by atoms with E-state index < -0.39 is 0 Å². The standard InChI is InChI=1S/C19H17ClN2O.C18H15ClN2O/c1-11-3-5-13(6-4-11)16-10-14(20)9-15-12(2)17-19(23)21-7-8-22(17)18(15)16;1-11-14-9-13(19)10-15(12-5-3-2-4-6-12)17(14)21-8-7-20-18(22)16(11)21/h3-6,9-10H,7-8H2,1-2H3,(H,21,23);2-6,9-10H,7-8H2,1H3,(H,20,22). The fraction of sp³-hybridized carbons (Fsp3) is 0.189. The van der Waals surface area contributed by atoms with Crippen LogP contribution in [0.1, 0.15) is 37.7 Å². The topological polar surface area (TPSA) is 68.1 Å². The van der Waals surface area contributed by atoms with Crippen molar-refractivity contribution >= 4 is 56.8 Å². The Bertz CT molecular complexity index is 2140. The first-order valence-corrected chi connectivity index (χ1v) is 15.8. The van der Waals surface area contributed by atoms with Gasteiger partial charge in [0.2, 0.25) is 0 Å². The Morgan fingerprint density at radius 1 is 0.600 bits per heavy atom. The lowest BCUT2D eigenvalue weighted by molar-refractivity contribution is 0.0920. The Morgan fingerprint density at radius 3 is 1.51 bits per heavy atom. The summed E-state index contributed by atoms with van der Waals surface area (Å²) in [5.41, 5.74) is 11.3. The molecule has 0 saturated carbocycles. The van der Waals surface area contributed by atoms with Gasteiger partial charge in [0.05, 0.1) is 11.0 Å². The van der Waals surface area contributed by atoms with Crippen molar-refractivity contribution in [3.63, 3.8) is 0 Å². The number of amides is 2. The van der Waals surface area contributed by atoms with Crippen LogP contribution in [0.2, 0.25) is 10.0 Å². The normalized spacial score (nSPS) is 14.0. The SMILES string of the molecule is Cc1c2n(c3c(-c4ccccc4)cc(Cl)cc13)CCNC2=O.Cc1ccc(-c2cc(Cl)cc3c(C)c4n(c23)CCNC4=O)cc1. The van der Waals surface area contributed by atoms with Gasteiger partial charge in [-0.05, 0) is 67.3 Å². The second kappa shape index (κ2) is 11.4. The second-order valence-electron chi connectivity index (χ2n) is 11.7. The number of rotatable bonds is 2. The molecule has 8 rings (SSSR count). The highest BCUT2D eigenvalue weighted by Gasteiger charge is 2.27. The third kappa shape index (κ3) is 4.98. The van der Waals surface area contributed by atoms with Crippen LogP contribution in [0.3, 0.4) is 0 Å². The number of halogens is 2. The van der Waals surface area contributed by atoms with Crippen LogP contribution in [0.15, 0.2) is 78.9 Å². The predicted octanol–water partition coefficient (Wildman–Crippen LogP) is 8.34. The van der Waals surface area contributed by atoms with Gasteiger partial charge in [-0.2, -0.15) is 0 Å². The minimum atomic E-state index is -0.00455. The molecule has 0 aliphatic carbocycles. The van der Waals surface area contributed by atoms with Gasteiger partial charge in [-0.15, -0.1) is 0 Å². The molecular weight excluding hydrogens is 603 g/mol. The highest BCUT2D eigenvalue weighted by Crippen LogP contribution is 2.39. The third-order valence-corrected chi connectivity index (χ3v) is 9.30. The lowest BCUT2D eigenvalue weighted by Crippen LogP contribution is -2.35. The minimum Gasteiger partial charge on any atom is -0.349 e. The molecule has 0 saturated heterocycles. The first kappa shape index (κ1) is 29.2. The van der Waals surface area contributed by atoms with E-state index in [-0.39, 0.29) is 11.8 Å². The molecule has 0 radical (unpaired) electrons. The zero-order valence-corrected chi connectivity index (χ0v) is 26.8. The summed E-state index contributed by atoms with van der Waals surface area (Å²) >= 11 is 12.7. The quantitative estimate of drug-likeness (QED) is 0.201. The molecule has 0 fully saturated rings. The van der Waals surface area contributed by atoms with E-state index in [0.29, 0.717) is 23.1 Å². The molecule has 2 aliphatic rings. The molecule has 4 heterocycles. The van der Waals surface area contributed by atoms with Crippen molar-refractivity contribution < 1.29 is 9.59 Å². The van der Waals surface area contributed by atoms with Crippen LogP contribution in [0.4, 0.5) is 0 Å². The van der Waals surface area contributed by atoms with E-state index in [1.165, 1.54) is 5.56 Å². The summed E-state index contributed by atoms with van der Waals surface area (Å²) in [5.74, 6) is -0.00832. The molecule has 8 heteroatoms. The van der Waals surface area contributed by atoms with Crippen molar-refractivity contribution in [3.8, 4) is 22.3 Å². The van der Waals surface area contributed by atoms with E-state index in [0.717, 1.165) is 79.7 Å². The minimum absolute atomic E-state index is 0.00377. The van der Waals surface area contributed by atoms with Crippen LogP contribution >= 0.6 is 23.2 Å². The average molecular weight is 636 g/mol. The summed E-state index contributed by atoms with van der Waals surface area (Å²) in [4.78, 5) is 24.5. The number of hydrogen-bond acceptors (Lipinski definition) is 2. The first-order valence-electron chi connectivity index (χ1n) is 15.1. The van der Waals surface area contributed by atoms with Gasteiger partial charge in [-0.3, -0.25) is 9.59 Å².